The van der Waals surface area contributed by atoms with Gasteiger partial charge in [0.25, 0.3) is 0 Å². The van der Waals surface area contributed by atoms with Crippen molar-refractivity contribution < 1.29 is 0 Å². The third-order valence-corrected chi connectivity index (χ3v) is 8.14. The molecule has 170 valence electrons. The summed E-state index contributed by atoms with van der Waals surface area (Å²) in [7, 11) is 0. The Labute approximate surface area is 204 Å². The highest BCUT2D eigenvalue weighted by atomic mass is 35.5. The van der Waals surface area contributed by atoms with Crippen molar-refractivity contribution in [2.75, 3.05) is 36.0 Å². The van der Waals surface area contributed by atoms with Crippen LogP contribution in [0.2, 0.25) is 5.28 Å². The largest absolute Gasteiger partial charge is 0.368 e. The number of aromatic nitrogens is 2. The van der Waals surface area contributed by atoms with Crippen molar-refractivity contribution in [2.24, 2.45) is 0 Å². The van der Waals surface area contributed by atoms with Gasteiger partial charge < -0.3 is 9.80 Å². The van der Waals surface area contributed by atoms with Crippen molar-refractivity contribution in [1.29, 1.82) is 0 Å². The highest BCUT2D eigenvalue weighted by Crippen LogP contribution is 2.43. The first kappa shape index (κ1) is 22.2. The van der Waals surface area contributed by atoms with Gasteiger partial charge in [-0.15, -0.1) is 11.3 Å². The molecule has 0 bridgehead atoms. The standard InChI is InChI=1S/C27H29ClN4S/c1-16-9-10-21(15-18(16)3)23-20(5)33-26-24(23)25(29-27(28)30-26)32-13-11-31(12-14-32)22-8-6-7-17(2)19(22)4/h6-10,15H,11-14H2,1-5H3. The summed E-state index contributed by atoms with van der Waals surface area (Å²) in [6.07, 6.45) is 0. The van der Waals surface area contributed by atoms with E-state index < -0.39 is 0 Å². The number of anilines is 2. The minimum Gasteiger partial charge on any atom is -0.368 e. The summed E-state index contributed by atoms with van der Waals surface area (Å²) in [5.41, 5.74) is 9.10. The van der Waals surface area contributed by atoms with Crippen LogP contribution in [0.3, 0.4) is 0 Å². The van der Waals surface area contributed by atoms with Gasteiger partial charge in [0.05, 0.1) is 5.39 Å². The molecular formula is C27H29ClN4S. The van der Waals surface area contributed by atoms with Crippen molar-refractivity contribution >= 4 is 44.7 Å². The predicted octanol–water partition coefficient (Wildman–Crippen LogP) is 6.88. The first-order chi connectivity index (χ1) is 15.8. The molecule has 0 N–H and O–H groups in total. The highest BCUT2D eigenvalue weighted by Gasteiger charge is 2.25. The summed E-state index contributed by atoms with van der Waals surface area (Å²) in [5.74, 6) is 0.961. The maximum atomic E-state index is 6.41. The second-order valence-electron chi connectivity index (χ2n) is 9.02. The molecule has 0 atom stereocenters. The fourth-order valence-electron chi connectivity index (χ4n) is 4.78. The van der Waals surface area contributed by atoms with E-state index >= 15 is 0 Å². The fourth-order valence-corrected chi connectivity index (χ4v) is 6.03. The molecule has 5 rings (SSSR count). The third-order valence-electron chi connectivity index (χ3n) is 6.97. The van der Waals surface area contributed by atoms with Crippen molar-refractivity contribution in [1.82, 2.24) is 9.97 Å². The molecule has 0 spiro atoms. The molecule has 1 fully saturated rings. The van der Waals surface area contributed by atoms with Crippen molar-refractivity contribution in [3.8, 4) is 11.1 Å². The van der Waals surface area contributed by atoms with Crippen LogP contribution in [-0.2, 0) is 0 Å². The first-order valence-corrected chi connectivity index (χ1v) is 12.6. The average Bonchev–Trinajstić information content (AvgIpc) is 3.12. The number of rotatable bonds is 3. The molecule has 4 nitrogen and oxygen atoms in total. The Morgan fingerprint density at radius 2 is 1.55 bits per heavy atom. The second-order valence-corrected chi connectivity index (χ2v) is 10.6. The van der Waals surface area contributed by atoms with Crippen molar-refractivity contribution in [3.05, 3.63) is 68.8 Å². The van der Waals surface area contributed by atoms with Gasteiger partial charge in [-0.05, 0) is 80.1 Å². The van der Waals surface area contributed by atoms with E-state index in [4.69, 9.17) is 16.6 Å². The van der Waals surface area contributed by atoms with Crippen LogP contribution in [0.15, 0.2) is 36.4 Å². The Hall–Kier alpha value is -2.63. The number of hydrogen-bond donors (Lipinski definition) is 0. The minimum absolute atomic E-state index is 0.322. The van der Waals surface area contributed by atoms with Crippen LogP contribution in [0.1, 0.15) is 27.1 Å². The number of piperazine rings is 1. The Morgan fingerprint density at radius 1 is 0.818 bits per heavy atom. The molecule has 6 heteroatoms. The lowest BCUT2D eigenvalue weighted by Gasteiger charge is -2.38. The zero-order valence-corrected chi connectivity index (χ0v) is 21.4. The van der Waals surface area contributed by atoms with Crippen molar-refractivity contribution in [3.63, 3.8) is 0 Å². The summed E-state index contributed by atoms with van der Waals surface area (Å²) < 4.78 is 0. The topological polar surface area (TPSA) is 32.3 Å². The van der Waals surface area contributed by atoms with Gasteiger partial charge in [0.15, 0.2) is 0 Å². The van der Waals surface area contributed by atoms with Crippen LogP contribution in [0.5, 0.6) is 0 Å². The normalized spacial score (nSPS) is 14.4. The summed E-state index contributed by atoms with van der Waals surface area (Å²) in [6.45, 7) is 14.6. The predicted molar refractivity (Wildman–Crippen MR) is 142 cm³/mol. The molecule has 0 radical (unpaired) electrons. The molecule has 2 aromatic carbocycles. The van der Waals surface area contributed by atoms with Crippen LogP contribution in [0.25, 0.3) is 21.3 Å². The van der Waals surface area contributed by atoms with E-state index in [0.29, 0.717) is 5.28 Å². The van der Waals surface area contributed by atoms with Crippen LogP contribution in [0, 0.1) is 34.6 Å². The fraction of sp³-hybridized carbons (Fsp3) is 0.333. The van der Waals surface area contributed by atoms with E-state index in [1.54, 1.807) is 11.3 Å². The van der Waals surface area contributed by atoms with E-state index in [0.717, 1.165) is 42.2 Å². The summed E-state index contributed by atoms with van der Waals surface area (Å²) in [6, 6.07) is 13.3. The molecule has 2 aromatic heterocycles. The van der Waals surface area contributed by atoms with Crippen LogP contribution in [-0.4, -0.2) is 36.1 Å². The lowest BCUT2D eigenvalue weighted by molar-refractivity contribution is 0.647. The third kappa shape index (κ3) is 3.98. The lowest BCUT2D eigenvalue weighted by atomic mass is 9.99. The van der Waals surface area contributed by atoms with Gasteiger partial charge in [-0.3, -0.25) is 0 Å². The highest BCUT2D eigenvalue weighted by molar-refractivity contribution is 7.19. The molecule has 33 heavy (non-hydrogen) atoms. The second kappa shape index (κ2) is 8.62. The number of benzene rings is 2. The van der Waals surface area contributed by atoms with Gasteiger partial charge in [0, 0.05) is 42.3 Å². The van der Waals surface area contributed by atoms with Crippen LogP contribution in [0.4, 0.5) is 11.5 Å². The van der Waals surface area contributed by atoms with Crippen LogP contribution < -0.4 is 9.80 Å². The lowest BCUT2D eigenvalue weighted by Crippen LogP contribution is -2.47. The van der Waals surface area contributed by atoms with E-state index in [9.17, 15) is 0 Å². The van der Waals surface area contributed by atoms with Gasteiger partial charge in [-0.2, -0.15) is 4.98 Å². The number of aryl methyl sites for hydroxylation is 4. The van der Waals surface area contributed by atoms with Crippen LogP contribution >= 0.6 is 22.9 Å². The Kier molecular flexibility index (Phi) is 5.79. The number of nitrogens with zero attached hydrogens (tertiary/aromatic N) is 4. The summed E-state index contributed by atoms with van der Waals surface area (Å²) in [4.78, 5) is 16.4. The quantitative estimate of drug-likeness (QED) is 0.301. The molecule has 0 aliphatic carbocycles. The Morgan fingerprint density at radius 3 is 2.27 bits per heavy atom. The molecular weight excluding hydrogens is 448 g/mol. The van der Waals surface area contributed by atoms with E-state index in [-0.39, 0.29) is 0 Å². The van der Waals surface area contributed by atoms with Gasteiger partial charge in [0.1, 0.15) is 10.6 Å². The molecule has 1 aliphatic heterocycles. The minimum atomic E-state index is 0.322. The molecule has 0 amide bonds. The molecule has 3 heterocycles. The smallest absolute Gasteiger partial charge is 0.225 e. The monoisotopic (exact) mass is 476 g/mol. The van der Waals surface area contributed by atoms with Gasteiger partial charge in [-0.25, -0.2) is 4.98 Å². The maximum absolute atomic E-state index is 6.41. The Balaban J connectivity index is 1.53. The molecule has 4 aromatic rings. The van der Waals surface area contributed by atoms with Crippen molar-refractivity contribution in [2.45, 2.75) is 34.6 Å². The zero-order chi connectivity index (χ0) is 23.3. The SMILES string of the molecule is Cc1ccc(-c2c(C)sc3nc(Cl)nc(N4CCN(c5cccc(C)c5C)CC4)c23)cc1C. The molecule has 1 saturated heterocycles. The summed E-state index contributed by atoms with van der Waals surface area (Å²) >= 11 is 8.11. The number of hydrogen-bond acceptors (Lipinski definition) is 5. The number of fused-ring (bicyclic) bond motifs is 1. The van der Waals surface area contributed by atoms with Gasteiger partial charge >= 0.3 is 0 Å². The maximum Gasteiger partial charge on any atom is 0.225 e. The number of thiophene rings is 1. The average molecular weight is 477 g/mol. The molecule has 0 saturated carbocycles. The van der Waals surface area contributed by atoms with E-state index in [1.807, 2.05) is 0 Å². The van der Waals surface area contributed by atoms with Gasteiger partial charge in [-0.1, -0.05) is 30.3 Å². The number of halogens is 1. The van der Waals surface area contributed by atoms with Gasteiger partial charge in [0.2, 0.25) is 5.28 Å². The molecule has 0 unspecified atom stereocenters. The van der Waals surface area contributed by atoms with E-state index in [2.05, 4.69) is 85.8 Å². The molecule has 1 aliphatic rings. The summed E-state index contributed by atoms with van der Waals surface area (Å²) in [5, 5.41) is 1.45. The Bertz CT molecular complexity index is 1350. The first-order valence-electron chi connectivity index (χ1n) is 11.4. The zero-order valence-electron chi connectivity index (χ0n) is 19.9. The van der Waals surface area contributed by atoms with E-state index in [1.165, 1.54) is 43.9 Å².